The molecule has 0 unspecified atom stereocenters. The predicted octanol–water partition coefficient (Wildman–Crippen LogP) is 3.96. The Morgan fingerprint density at radius 1 is 1.13 bits per heavy atom. The number of pyridine rings is 1. The Morgan fingerprint density at radius 3 is 2.40 bits per heavy atom. The molecule has 0 bridgehead atoms. The van der Waals surface area contributed by atoms with Crippen LogP contribution in [0, 0.1) is 22.0 Å². The first kappa shape index (κ1) is 20.1. The van der Waals surface area contributed by atoms with Crippen molar-refractivity contribution in [3.05, 3.63) is 52.7 Å². The van der Waals surface area contributed by atoms with Crippen molar-refractivity contribution >= 4 is 17.5 Å². The molecule has 158 valence electrons. The number of hydrogen-bond donors (Lipinski definition) is 0. The number of nitro groups is 1. The summed E-state index contributed by atoms with van der Waals surface area (Å²) in [5.74, 6) is 0.850. The zero-order valence-electron chi connectivity index (χ0n) is 17.4. The lowest BCUT2D eigenvalue weighted by atomic mass is 10.0. The molecule has 2 aromatic rings. The van der Waals surface area contributed by atoms with Gasteiger partial charge in [-0.2, -0.15) is 0 Å². The normalized spacial score (nSPS) is 20.9. The van der Waals surface area contributed by atoms with E-state index >= 15 is 0 Å². The van der Waals surface area contributed by atoms with Gasteiger partial charge in [0, 0.05) is 55.7 Å². The molecular weight excluding hydrogens is 384 g/mol. The number of nitro benzene ring substituents is 1. The van der Waals surface area contributed by atoms with Gasteiger partial charge in [-0.05, 0) is 32.9 Å². The zero-order chi connectivity index (χ0) is 21.5. The molecule has 1 amide bonds. The van der Waals surface area contributed by atoms with E-state index in [4.69, 9.17) is 4.74 Å². The van der Waals surface area contributed by atoms with Gasteiger partial charge in [0.25, 0.3) is 5.69 Å². The quantitative estimate of drug-likeness (QED) is 0.562. The molecule has 2 atom stereocenters. The van der Waals surface area contributed by atoms with E-state index in [2.05, 4.69) is 9.88 Å². The van der Waals surface area contributed by atoms with E-state index in [0.717, 1.165) is 37.4 Å². The van der Waals surface area contributed by atoms with Gasteiger partial charge in [-0.1, -0.05) is 12.1 Å². The largest absolute Gasteiger partial charge is 0.444 e. The molecule has 1 aromatic heterocycles. The van der Waals surface area contributed by atoms with Gasteiger partial charge < -0.3 is 14.5 Å². The second-order valence-corrected chi connectivity index (χ2v) is 9.02. The van der Waals surface area contributed by atoms with Gasteiger partial charge >= 0.3 is 6.09 Å². The van der Waals surface area contributed by atoms with Gasteiger partial charge in [-0.15, -0.1) is 0 Å². The molecule has 30 heavy (non-hydrogen) atoms. The monoisotopic (exact) mass is 410 g/mol. The third-order valence-electron chi connectivity index (χ3n) is 5.60. The molecule has 8 nitrogen and oxygen atoms in total. The first-order valence-corrected chi connectivity index (χ1v) is 10.1. The van der Waals surface area contributed by atoms with E-state index in [9.17, 15) is 14.9 Å². The van der Waals surface area contributed by atoms with E-state index < -0.39 is 10.5 Å². The lowest BCUT2D eigenvalue weighted by Crippen LogP contribution is -2.37. The predicted molar refractivity (Wildman–Crippen MR) is 113 cm³/mol. The fourth-order valence-corrected chi connectivity index (χ4v) is 4.20. The smallest absolute Gasteiger partial charge is 0.410 e. The highest BCUT2D eigenvalue weighted by atomic mass is 16.6. The minimum atomic E-state index is -0.479. The van der Waals surface area contributed by atoms with Gasteiger partial charge in [0.05, 0.1) is 22.5 Å². The Morgan fingerprint density at radius 2 is 1.83 bits per heavy atom. The first-order valence-electron chi connectivity index (χ1n) is 10.1. The van der Waals surface area contributed by atoms with Crippen LogP contribution in [0.25, 0.3) is 11.3 Å². The minimum absolute atomic E-state index is 0.0558. The minimum Gasteiger partial charge on any atom is -0.444 e. The summed E-state index contributed by atoms with van der Waals surface area (Å²) < 4.78 is 5.50. The van der Waals surface area contributed by atoms with Crippen LogP contribution in [0.3, 0.4) is 0 Å². The number of aromatic nitrogens is 1. The number of hydrogen-bond acceptors (Lipinski definition) is 6. The van der Waals surface area contributed by atoms with Crippen LogP contribution in [0.1, 0.15) is 20.8 Å². The van der Waals surface area contributed by atoms with Crippen LogP contribution < -0.4 is 4.90 Å². The Balaban J connectivity index is 1.39. The maximum atomic E-state index is 12.3. The molecule has 4 rings (SSSR count). The molecule has 2 saturated heterocycles. The highest BCUT2D eigenvalue weighted by Gasteiger charge is 2.42. The van der Waals surface area contributed by atoms with Gasteiger partial charge in [0.1, 0.15) is 5.60 Å². The Kier molecular flexibility index (Phi) is 5.09. The summed E-state index contributed by atoms with van der Waals surface area (Å²) >= 11 is 0. The number of rotatable bonds is 3. The molecule has 8 heteroatoms. The van der Waals surface area contributed by atoms with Crippen LogP contribution in [0.2, 0.25) is 0 Å². The van der Waals surface area contributed by atoms with Gasteiger partial charge in [0.2, 0.25) is 0 Å². The van der Waals surface area contributed by atoms with Crippen molar-refractivity contribution in [3.8, 4) is 11.3 Å². The van der Waals surface area contributed by atoms with Crippen molar-refractivity contribution < 1.29 is 14.5 Å². The summed E-state index contributed by atoms with van der Waals surface area (Å²) in [4.78, 5) is 31.5. The molecule has 3 heterocycles. The van der Waals surface area contributed by atoms with Crippen LogP contribution in [0.4, 0.5) is 16.2 Å². The standard InChI is InChI=1S/C22H26N4O4/c1-22(2,3)30-21(27)25-13-16-11-24(12-17(16)14-25)19-7-8-20(23-10-19)15-5-4-6-18(9-15)26(28)29/h4-10,16-17H,11-14H2,1-3H3/t16-,17+. The molecule has 1 aromatic carbocycles. The van der Waals surface area contributed by atoms with Crippen LogP contribution in [-0.4, -0.2) is 52.7 Å². The number of anilines is 1. The molecule has 2 aliphatic heterocycles. The Bertz CT molecular complexity index is 940. The second kappa shape index (κ2) is 7.59. The highest BCUT2D eigenvalue weighted by Crippen LogP contribution is 2.35. The Hall–Kier alpha value is -3.16. The van der Waals surface area contributed by atoms with E-state index in [1.54, 1.807) is 6.07 Å². The summed E-state index contributed by atoms with van der Waals surface area (Å²) in [7, 11) is 0. The number of non-ortho nitro benzene ring substituents is 1. The van der Waals surface area contributed by atoms with E-state index in [-0.39, 0.29) is 11.8 Å². The zero-order valence-corrected chi connectivity index (χ0v) is 17.4. The number of ether oxygens (including phenoxy) is 1. The highest BCUT2D eigenvalue weighted by molar-refractivity contribution is 5.69. The topological polar surface area (TPSA) is 88.8 Å². The van der Waals surface area contributed by atoms with Gasteiger partial charge in [-0.3, -0.25) is 15.1 Å². The van der Waals surface area contributed by atoms with Crippen LogP contribution >= 0.6 is 0 Å². The number of carbonyl (C=O) groups excluding carboxylic acids is 1. The summed E-state index contributed by atoms with van der Waals surface area (Å²) in [6.07, 6.45) is 1.59. The molecule has 0 spiro atoms. The van der Waals surface area contributed by atoms with Crippen molar-refractivity contribution in [1.29, 1.82) is 0 Å². The van der Waals surface area contributed by atoms with E-state index in [0.29, 0.717) is 17.5 Å². The third kappa shape index (κ3) is 4.22. The van der Waals surface area contributed by atoms with E-state index in [1.165, 1.54) is 12.1 Å². The first-order chi connectivity index (χ1) is 14.2. The number of likely N-dealkylation sites (tertiary alicyclic amines) is 1. The Labute approximate surface area is 175 Å². The number of carbonyl (C=O) groups is 1. The van der Waals surface area contributed by atoms with Crippen molar-refractivity contribution in [2.24, 2.45) is 11.8 Å². The molecule has 0 saturated carbocycles. The fraction of sp³-hybridized carbons (Fsp3) is 0.455. The maximum absolute atomic E-state index is 12.3. The average molecular weight is 410 g/mol. The lowest BCUT2D eigenvalue weighted by Gasteiger charge is -2.26. The van der Waals surface area contributed by atoms with E-state index in [1.807, 2.05) is 50.1 Å². The van der Waals surface area contributed by atoms with Gasteiger partial charge in [0.15, 0.2) is 0 Å². The average Bonchev–Trinajstić information content (AvgIpc) is 3.26. The number of amides is 1. The third-order valence-corrected chi connectivity index (χ3v) is 5.60. The van der Waals surface area contributed by atoms with Gasteiger partial charge in [-0.25, -0.2) is 4.79 Å². The van der Waals surface area contributed by atoms with Crippen LogP contribution in [-0.2, 0) is 4.74 Å². The summed E-state index contributed by atoms with van der Waals surface area (Å²) in [6.45, 7) is 8.84. The molecule has 2 fully saturated rings. The molecule has 0 aliphatic carbocycles. The summed E-state index contributed by atoms with van der Waals surface area (Å²) in [6, 6.07) is 10.4. The molecule has 0 radical (unpaired) electrons. The SMILES string of the molecule is CC(C)(C)OC(=O)N1C[C@@H]2CN(c3ccc(-c4cccc([N+](=O)[O-])c4)nc3)C[C@@H]2C1. The van der Waals surface area contributed by atoms with Crippen molar-refractivity contribution in [2.75, 3.05) is 31.1 Å². The number of fused-ring (bicyclic) bond motifs is 1. The molecule has 0 N–H and O–H groups in total. The lowest BCUT2D eigenvalue weighted by molar-refractivity contribution is -0.384. The number of benzene rings is 1. The fourth-order valence-electron chi connectivity index (χ4n) is 4.20. The maximum Gasteiger partial charge on any atom is 0.410 e. The summed E-state index contributed by atoms with van der Waals surface area (Å²) in [5.41, 5.74) is 2.04. The number of nitrogens with zero attached hydrogens (tertiary/aromatic N) is 4. The van der Waals surface area contributed by atoms with Crippen molar-refractivity contribution in [3.63, 3.8) is 0 Å². The van der Waals surface area contributed by atoms with Crippen LogP contribution in [0.5, 0.6) is 0 Å². The molecule has 2 aliphatic rings. The van der Waals surface area contributed by atoms with Crippen molar-refractivity contribution in [2.45, 2.75) is 26.4 Å². The summed E-state index contributed by atoms with van der Waals surface area (Å²) in [5, 5.41) is 11.0. The van der Waals surface area contributed by atoms with Crippen LogP contribution in [0.15, 0.2) is 42.6 Å². The second-order valence-electron chi connectivity index (χ2n) is 9.02. The van der Waals surface area contributed by atoms with Crippen molar-refractivity contribution in [1.82, 2.24) is 9.88 Å². The molecular formula is C22H26N4O4.